The minimum atomic E-state index is -0.163. The van der Waals surface area contributed by atoms with Gasteiger partial charge in [0.1, 0.15) is 5.82 Å². The predicted octanol–water partition coefficient (Wildman–Crippen LogP) is 3.28. The van der Waals surface area contributed by atoms with Gasteiger partial charge in [-0.3, -0.25) is 0 Å². The molecule has 0 bridgehead atoms. The lowest BCUT2D eigenvalue weighted by Crippen LogP contribution is -2.42. The molecule has 0 spiro atoms. The highest BCUT2D eigenvalue weighted by molar-refractivity contribution is 5.15. The van der Waals surface area contributed by atoms with Crippen LogP contribution in [0.3, 0.4) is 0 Å². The van der Waals surface area contributed by atoms with Gasteiger partial charge in [0, 0.05) is 19.1 Å². The molecule has 1 aromatic carbocycles. The Bertz CT molecular complexity index is 362. The van der Waals surface area contributed by atoms with E-state index < -0.39 is 0 Å². The third-order valence-electron chi connectivity index (χ3n) is 3.83. The predicted molar refractivity (Wildman–Crippen MR) is 79.7 cm³/mol. The fraction of sp³-hybridized carbons (Fsp3) is 0.625. The Morgan fingerprint density at radius 1 is 1.21 bits per heavy atom. The summed E-state index contributed by atoms with van der Waals surface area (Å²) < 4.78 is 13.1. The van der Waals surface area contributed by atoms with E-state index in [1.165, 1.54) is 18.9 Å². The maximum atomic E-state index is 13.1. The second-order valence-corrected chi connectivity index (χ2v) is 5.37. The summed E-state index contributed by atoms with van der Waals surface area (Å²) >= 11 is 0. The molecule has 0 aromatic heterocycles. The van der Waals surface area contributed by atoms with Crippen molar-refractivity contribution in [3.05, 3.63) is 35.6 Å². The SMILES string of the molecule is CCC(CC)C(CNCc1cccc(F)c1)N(C)C. The normalized spacial score (nSPS) is 13.2. The Hall–Kier alpha value is -0.930. The second kappa shape index (κ2) is 8.28. The Balaban J connectivity index is 2.48. The fourth-order valence-electron chi connectivity index (χ4n) is 2.62. The Morgan fingerprint density at radius 2 is 1.89 bits per heavy atom. The average Bonchev–Trinajstić information content (AvgIpc) is 2.38. The summed E-state index contributed by atoms with van der Waals surface area (Å²) in [5.74, 6) is 0.540. The van der Waals surface area contributed by atoms with Crippen LogP contribution in [0.5, 0.6) is 0 Å². The van der Waals surface area contributed by atoms with E-state index in [1.54, 1.807) is 12.1 Å². The van der Waals surface area contributed by atoms with Crippen molar-refractivity contribution in [1.82, 2.24) is 10.2 Å². The smallest absolute Gasteiger partial charge is 0.123 e. The van der Waals surface area contributed by atoms with E-state index in [9.17, 15) is 4.39 Å². The van der Waals surface area contributed by atoms with Gasteiger partial charge in [-0.1, -0.05) is 38.8 Å². The highest BCUT2D eigenvalue weighted by atomic mass is 19.1. The van der Waals surface area contributed by atoms with Crippen molar-refractivity contribution in [2.75, 3.05) is 20.6 Å². The quantitative estimate of drug-likeness (QED) is 0.777. The zero-order valence-corrected chi connectivity index (χ0v) is 12.6. The van der Waals surface area contributed by atoms with Crippen LogP contribution in [-0.4, -0.2) is 31.6 Å². The van der Waals surface area contributed by atoms with E-state index >= 15 is 0 Å². The van der Waals surface area contributed by atoms with Gasteiger partial charge in [0.2, 0.25) is 0 Å². The van der Waals surface area contributed by atoms with Crippen LogP contribution in [0.1, 0.15) is 32.3 Å². The molecule has 1 aromatic rings. The van der Waals surface area contributed by atoms with Crippen LogP contribution in [0.2, 0.25) is 0 Å². The lowest BCUT2D eigenvalue weighted by atomic mass is 9.93. The first-order valence-corrected chi connectivity index (χ1v) is 7.20. The monoisotopic (exact) mass is 266 g/mol. The number of rotatable bonds is 8. The molecule has 0 aliphatic carbocycles. The molecule has 0 saturated carbocycles. The molecule has 108 valence electrons. The Morgan fingerprint density at radius 3 is 2.42 bits per heavy atom. The molecule has 1 unspecified atom stereocenters. The van der Waals surface area contributed by atoms with E-state index in [4.69, 9.17) is 0 Å². The lowest BCUT2D eigenvalue weighted by Gasteiger charge is -2.31. The molecule has 0 fully saturated rings. The molecule has 0 saturated heterocycles. The zero-order valence-electron chi connectivity index (χ0n) is 12.6. The molecule has 1 rings (SSSR count). The van der Waals surface area contributed by atoms with Gasteiger partial charge in [0.25, 0.3) is 0 Å². The minimum Gasteiger partial charge on any atom is -0.311 e. The maximum Gasteiger partial charge on any atom is 0.123 e. The van der Waals surface area contributed by atoms with Crippen LogP contribution >= 0.6 is 0 Å². The van der Waals surface area contributed by atoms with Crippen molar-refractivity contribution in [3.8, 4) is 0 Å². The molecule has 0 heterocycles. The van der Waals surface area contributed by atoms with Crippen molar-refractivity contribution < 1.29 is 4.39 Å². The van der Waals surface area contributed by atoms with Crippen LogP contribution in [0.4, 0.5) is 4.39 Å². The summed E-state index contributed by atoms with van der Waals surface area (Å²) in [6, 6.07) is 7.32. The summed E-state index contributed by atoms with van der Waals surface area (Å²) in [5.41, 5.74) is 1.00. The van der Waals surface area contributed by atoms with Gasteiger partial charge in [-0.2, -0.15) is 0 Å². The molecular formula is C16H27FN2. The average molecular weight is 266 g/mol. The number of nitrogens with one attached hydrogen (secondary N) is 1. The van der Waals surface area contributed by atoms with Crippen LogP contribution in [0.25, 0.3) is 0 Å². The van der Waals surface area contributed by atoms with E-state index in [0.29, 0.717) is 12.0 Å². The number of hydrogen-bond donors (Lipinski definition) is 1. The summed E-state index contributed by atoms with van der Waals surface area (Å²) in [6.45, 7) is 6.16. The molecule has 0 amide bonds. The van der Waals surface area contributed by atoms with Gasteiger partial charge >= 0.3 is 0 Å². The lowest BCUT2D eigenvalue weighted by molar-refractivity contribution is 0.194. The van der Waals surface area contributed by atoms with Crippen molar-refractivity contribution in [3.63, 3.8) is 0 Å². The largest absolute Gasteiger partial charge is 0.311 e. The van der Waals surface area contributed by atoms with E-state index in [-0.39, 0.29) is 5.82 Å². The Kier molecular flexibility index (Phi) is 7.03. The van der Waals surface area contributed by atoms with Crippen molar-refractivity contribution in [2.24, 2.45) is 5.92 Å². The molecule has 0 aliphatic rings. The van der Waals surface area contributed by atoms with Gasteiger partial charge in [0.05, 0.1) is 0 Å². The second-order valence-electron chi connectivity index (χ2n) is 5.37. The van der Waals surface area contributed by atoms with Crippen LogP contribution in [-0.2, 0) is 6.54 Å². The van der Waals surface area contributed by atoms with E-state index in [0.717, 1.165) is 18.7 Å². The molecule has 1 atom stereocenters. The van der Waals surface area contributed by atoms with Gasteiger partial charge in [0.15, 0.2) is 0 Å². The van der Waals surface area contributed by atoms with E-state index in [1.807, 2.05) is 6.07 Å². The van der Waals surface area contributed by atoms with Crippen LogP contribution in [0.15, 0.2) is 24.3 Å². The van der Waals surface area contributed by atoms with Crippen LogP contribution < -0.4 is 5.32 Å². The van der Waals surface area contributed by atoms with Crippen LogP contribution in [0, 0.1) is 11.7 Å². The van der Waals surface area contributed by atoms with Gasteiger partial charge in [-0.05, 0) is 37.7 Å². The first-order valence-electron chi connectivity index (χ1n) is 7.20. The molecular weight excluding hydrogens is 239 g/mol. The van der Waals surface area contributed by atoms with Crippen molar-refractivity contribution in [2.45, 2.75) is 39.3 Å². The number of benzene rings is 1. The molecule has 0 radical (unpaired) electrons. The minimum absolute atomic E-state index is 0.163. The van der Waals surface area contributed by atoms with Gasteiger partial charge < -0.3 is 10.2 Å². The summed E-state index contributed by atoms with van der Waals surface area (Å²) in [6.07, 6.45) is 2.39. The number of nitrogens with zero attached hydrogens (tertiary/aromatic N) is 1. The molecule has 3 heteroatoms. The maximum absolute atomic E-state index is 13.1. The third kappa shape index (κ3) is 5.29. The number of likely N-dealkylation sites (N-methyl/N-ethyl adjacent to an activating group) is 1. The highest BCUT2D eigenvalue weighted by Crippen LogP contribution is 2.16. The topological polar surface area (TPSA) is 15.3 Å². The van der Waals surface area contributed by atoms with Crippen molar-refractivity contribution in [1.29, 1.82) is 0 Å². The molecule has 1 N–H and O–H groups in total. The van der Waals surface area contributed by atoms with Gasteiger partial charge in [-0.15, -0.1) is 0 Å². The summed E-state index contributed by atoms with van der Waals surface area (Å²) in [4.78, 5) is 2.29. The third-order valence-corrected chi connectivity index (χ3v) is 3.83. The zero-order chi connectivity index (χ0) is 14.3. The van der Waals surface area contributed by atoms with E-state index in [2.05, 4.69) is 38.2 Å². The molecule has 2 nitrogen and oxygen atoms in total. The molecule has 19 heavy (non-hydrogen) atoms. The summed E-state index contributed by atoms with van der Waals surface area (Å²) in [7, 11) is 4.26. The molecule has 0 aliphatic heterocycles. The van der Waals surface area contributed by atoms with Gasteiger partial charge in [-0.25, -0.2) is 4.39 Å². The number of hydrogen-bond acceptors (Lipinski definition) is 2. The Labute approximate surface area is 117 Å². The first kappa shape index (κ1) is 16.1. The summed E-state index contributed by atoms with van der Waals surface area (Å²) in [5, 5.41) is 3.45. The first-order chi connectivity index (χ1) is 9.08. The number of halogens is 1. The highest BCUT2D eigenvalue weighted by Gasteiger charge is 2.19. The van der Waals surface area contributed by atoms with Crippen molar-refractivity contribution >= 4 is 0 Å². The fourth-order valence-corrected chi connectivity index (χ4v) is 2.62. The standard InChI is InChI=1S/C16H27FN2/c1-5-14(6-2)16(19(3)4)12-18-11-13-8-7-9-15(17)10-13/h7-10,14,16,18H,5-6,11-12H2,1-4H3.